The number of aromatic nitrogens is 3. The number of ether oxygens (including phenoxy) is 1. The summed E-state index contributed by atoms with van der Waals surface area (Å²) in [6.07, 6.45) is 4.04. The van der Waals surface area contributed by atoms with Crippen molar-refractivity contribution in [2.75, 3.05) is 0 Å². The Morgan fingerprint density at radius 1 is 1.15 bits per heavy atom. The third kappa shape index (κ3) is 2.91. The molecule has 0 amide bonds. The van der Waals surface area contributed by atoms with Gasteiger partial charge in [0.05, 0.1) is 10.9 Å². The highest BCUT2D eigenvalue weighted by molar-refractivity contribution is 7.12. The zero-order chi connectivity index (χ0) is 17.9. The molecule has 0 aliphatic carbocycles. The lowest BCUT2D eigenvalue weighted by Crippen LogP contribution is -1.97. The normalized spacial score (nSPS) is 11.3. The van der Waals surface area contributed by atoms with Crippen LogP contribution in [0, 0.1) is 0 Å². The maximum Gasteiger partial charge on any atom is 0.299 e. The number of rotatable bonds is 5. The summed E-state index contributed by atoms with van der Waals surface area (Å²) < 4.78 is 6.64. The lowest BCUT2D eigenvalue weighted by Gasteiger charge is -1.99. The van der Waals surface area contributed by atoms with E-state index < -0.39 is 0 Å². The van der Waals surface area contributed by atoms with Gasteiger partial charge in [-0.25, -0.2) is 4.68 Å². The molecule has 0 aliphatic rings. The lowest BCUT2D eigenvalue weighted by atomic mass is 10.1. The fraction of sp³-hybridized carbons (Fsp3) is 0.0500. The highest BCUT2D eigenvalue weighted by Gasteiger charge is 2.16. The quantitative estimate of drug-likeness (QED) is 0.483. The lowest BCUT2D eigenvalue weighted by molar-refractivity contribution is -0.120. The first kappa shape index (κ1) is 16.2. The first-order valence-corrected chi connectivity index (χ1v) is 8.95. The van der Waals surface area contributed by atoms with Crippen LogP contribution >= 0.6 is 11.3 Å². The number of hydrogen-bond acceptors (Lipinski definition) is 5. The molecule has 2 heterocycles. The first-order chi connectivity index (χ1) is 12.8. The average molecular weight is 361 g/mol. The van der Waals surface area contributed by atoms with Crippen LogP contribution in [0.2, 0.25) is 0 Å². The van der Waals surface area contributed by atoms with E-state index in [9.17, 15) is 4.79 Å². The molecule has 0 bridgehead atoms. The molecule has 0 spiro atoms. The topological polar surface area (TPSA) is 57.0 Å². The molecule has 0 aliphatic heterocycles. The highest BCUT2D eigenvalue weighted by Crippen LogP contribution is 2.32. The molecule has 4 rings (SSSR count). The molecule has 26 heavy (non-hydrogen) atoms. The van der Waals surface area contributed by atoms with Crippen LogP contribution in [0.3, 0.4) is 0 Å². The number of fused-ring (bicyclic) bond motifs is 1. The Bertz CT molecular complexity index is 1100. The van der Waals surface area contributed by atoms with E-state index in [1.807, 2.05) is 49.4 Å². The van der Waals surface area contributed by atoms with E-state index >= 15 is 0 Å². The molecule has 0 saturated carbocycles. The van der Waals surface area contributed by atoms with Crippen LogP contribution in [-0.4, -0.2) is 21.2 Å². The van der Waals surface area contributed by atoms with Crippen molar-refractivity contribution in [3.05, 3.63) is 65.6 Å². The van der Waals surface area contributed by atoms with Gasteiger partial charge in [-0.1, -0.05) is 59.9 Å². The van der Waals surface area contributed by atoms with Crippen molar-refractivity contribution in [2.45, 2.75) is 6.92 Å². The molecule has 6 heteroatoms. The third-order valence-electron chi connectivity index (χ3n) is 3.93. The maximum atomic E-state index is 10.6. The van der Waals surface area contributed by atoms with Crippen LogP contribution in [-0.2, 0) is 4.79 Å². The van der Waals surface area contributed by atoms with Crippen LogP contribution in [0.25, 0.3) is 33.4 Å². The van der Waals surface area contributed by atoms with E-state index in [0.717, 1.165) is 27.7 Å². The molecule has 0 radical (unpaired) electrons. The maximum absolute atomic E-state index is 10.6. The standard InChI is InChI=1S/C20H15N3O2S/c1-2-6-14-9-10-16-17(11-14)23(20-21-18(12-26-20)25-13-24)22-19(16)15-7-4-3-5-8-15/h2-13H,1H3/b6-2+. The van der Waals surface area contributed by atoms with Crippen molar-refractivity contribution in [3.8, 4) is 22.3 Å². The number of nitrogens with zero attached hydrogens (tertiary/aromatic N) is 3. The molecule has 128 valence electrons. The zero-order valence-corrected chi connectivity index (χ0v) is 14.8. The molecule has 0 atom stereocenters. The summed E-state index contributed by atoms with van der Waals surface area (Å²) in [6, 6.07) is 16.3. The van der Waals surface area contributed by atoms with E-state index in [1.54, 1.807) is 10.1 Å². The fourth-order valence-electron chi connectivity index (χ4n) is 2.83. The monoisotopic (exact) mass is 361 g/mol. The predicted molar refractivity (Wildman–Crippen MR) is 104 cm³/mol. The minimum Gasteiger partial charge on any atom is -0.409 e. The van der Waals surface area contributed by atoms with Gasteiger partial charge >= 0.3 is 0 Å². The Morgan fingerprint density at radius 2 is 2.00 bits per heavy atom. The van der Waals surface area contributed by atoms with Gasteiger partial charge in [0.15, 0.2) is 0 Å². The molecule has 0 N–H and O–H groups in total. The summed E-state index contributed by atoms with van der Waals surface area (Å²) in [5, 5.41) is 8.18. The van der Waals surface area contributed by atoms with Gasteiger partial charge in [-0.15, -0.1) is 0 Å². The second-order valence-electron chi connectivity index (χ2n) is 5.59. The Labute approximate surface area is 154 Å². The third-order valence-corrected chi connectivity index (χ3v) is 4.73. The number of thiazole rings is 1. The molecule has 2 aromatic carbocycles. The Kier molecular flexibility index (Phi) is 4.33. The molecular weight excluding hydrogens is 346 g/mol. The minimum atomic E-state index is 0.273. The molecule has 5 nitrogen and oxygen atoms in total. The van der Waals surface area contributed by atoms with E-state index in [4.69, 9.17) is 9.84 Å². The van der Waals surface area contributed by atoms with Crippen LogP contribution in [0.15, 0.2) is 60.0 Å². The van der Waals surface area contributed by atoms with Crippen LogP contribution in [0.5, 0.6) is 5.88 Å². The van der Waals surface area contributed by atoms with Crippen molar-refractivity contribution in [1.29, 1.82) is 0 Å². The summed E-state index contributed by atoms with van der Waals surface area (Å²) >= 11 is 1.37. The SMILES string of the molecule is C/C=C/c1ccc2c(-c3ccccc3)nn(-c3nc(OC=O)cs3)c2c1. The largest absolute Gasteiger partial charge is 0.409 e. The van der Waals surface area contributed by atoms with Gasteiger partial charge in [-0.2, -0.15) is 10.1 Å². The Morgan fingerprint density at radius 3 is 2.77 bits per heavy atom. The predicted octanol–water partition coefficient (Wildman–Crippen LogP) is 4.72. The van der Waals surface area contributed by atoms with Crippen LogP contribution < -0.4 is 4.74 Å². The van der Waals surface area contributed by atoms with Gasteiger partial charge in [0.25, 0.3) is 6.47 Å². The number of benzene rings is 2. The number of carbonyl (C=O) groups excluding carboxylic acids is 1. The van der Waals surface area contributed by atoms with Crippen molar-refractivity contribution in [2.24, 2.45) is 0 Å². The number of hydrogen-bond donors (Lipinski definition) is 0. The summed E-state index contributed by atoms with van der Waals surface area (Å²) in [6.45, 7) is 2.36. The summed E-state index contributed by atoms with van der Waals surface area (Å²) in [4.78, 5) is 14.9. The first-order valence-electron chi connectivity index (χ1n) is 8.07. The van der Waals surface area contributed by atoms with Crippen LogP contribution in [0.4, 0.5) is 0 Å². The van der Waals surface area contributed by atoms with Crippen molar-refractivity contribution in [3.63, 3.8) is 0 Å². The van der Waals surface area contributed by atoms with E-state index in [-0.39, 0.29) is 5.88 Å². The fourth-order valence-corrected chi connectivity index (χ4v) is 3.53. The average Bonchev–Trinajstić information content (AvgIpc) is 3.27. The second-order valence-corrected chi connectivity index (χ2v) is 6.42. The molecule has 2 aromatic heterocycles. The minimum absolute atomic E-state index is 0.273. The highest BCUT2D eigenvalue weighted by atomic mass is 32.1. The van der Waals surface area contributed by atoms with E-state index in [0.29, 0.717) is 11.6 Å². The van der Waals surface area contributed by atoms with Crippen molar-refractivity contribution in [1.82, 2.24) is 14.8 Å². The van der Waals surface area contributed by atoms with Gasteiger partial charge in [0.2, 0.25) is 11.0 Å². The summed E-state index contributed by atoms with van der Waals surface area (Å²) in [5.41, 5.74) is 3.96. The smallest absolute Gasteiger partial charge is 0.299 e. The number of carbonyl (C=O) groups is 1. The molecule has 0 unspecified atom stereocenters. The Balaban J connectivity index is 1.95. The van der Waals surface area contributed by atoms with Crippen molar-refractivity contribution < 1.29 is 9.53 Å². The Hall–Kier alpha value is -3.25. The molecule has 4 aromatic rings. The van der Waals surface area contributed by atoms with Gasteiger partial charge in [0.1, 0.15) is 5.69 Å². The summed E-state index contributed by atoms with van der Waals surface area (Å²) in [5.74, 6) is 0.273. The molecule has 0 saturated heterocycles. The molecular formula is C20H15N3O2S. The van der Waals surface area contributed by atoms with E-state index in [2.05, 4.69) is 23.2 Å². The summed E-state index contributed by atoms with van der Waals surface area (Å²) in [7, 11) is 0. The van der Waals surface area contributed by atoms with Crippen LogP contribution in [0.1, 0.15) is 12.5 Å². The van der Waals surface area contributed by atoms with Gasteiger partial charge in [-0.3, -0.25) is 4.79 Å². The van der Waals surface area contributed by atoms with Gasteiger partial charge < -0.3 is 4.74 Å². The zero-order valence-electron chi connectivity index (χ0n) is 14.0. The second kappa shape index (κ2) is 6.93. The van der Waals surface area contributed by atoms with Gasteiger partial charge in [0, 0.05) is 10.9 Å². The molecule has 0 fully saturated rings. The number of allylic oxidation sites excluding steroid dienone is 1. The van der Waals surface area contributed by atoms with E-state index in [1.165, 1.54) is 11.3 Å². The van der Waals surface area contributed by atoms with Gasteiger partial charge in [-0.05, 0) is 24.6 Å². The van der Waals surface area contributed by atoms with Crippen molar-refractivity contribution >= 4 is 34.8 Å².